The third-order valence-corrected chi connectivity index (χ3v) is 2.69. The molecule has 2 nitrogen and oxygen atoms in total. The van der Waals surface area contributed by atoms with E-state index in [1.807, 2.05) is 12.1 Å². The van der Waals surface area contributed by atoms with Crippen LogP contribution in [0, 0.1) is 6.92 Å². The highest BCUT2D eigenvalue weighted by Gasteiger charge is 2.00. The van der Waals surface area contributed by atoms with E-state index >= 15 is 0 Å². The maximum absolute atomic E-state index is 5.35. The minimum atomic E-state index is 0.811. The van der Waals surface area contributed by atoms with Gasteiger partial charge < -0.3 is 9.73 Å². The summed E-state index contributed by atoms with van der Waals surface area (Å²) in [4.78, 5) is 0. The van der Waals surface area contributed by atoms with Gasteiger partial charge in [-0.25, -0.2) is 0 Å². The Morgan fingerprint density at radius 2 is 1.94 bits per heavy atom. The fourth-order valence-corrected chi connectivity index (χ4v) is 1.66. The summed E-state index contributed by atoms with van der Waals surface area (Å²) in [6, 6.07) is 12.5. The van der Waals surface area contributed by atoms with Gasteiger partial charge in [0.25, 0.3) is 0 Å². The monoisotopic (exact) mass is 215 g/mol. The molecule has 0 spiro atoms. The number of furan rings is 1. The summed E-state index contributed by atoms with van der Waals surface area (Å²) in [5.41, 5.74) is 2.58. The Bertz CT molecular complexity index is 419. The van der Waals surface area contributed by atoms with Gasteiger partial charge in [-0.15, -0.1) is 0 Å². The van der Waals surface area contributed by atoms with Gasteiger partial charge in [-0.3, -0.25) is 0 Å². The first-order valence-electron chi connectivity index (χ1n) is 5.64. The van der Waals surface area contributed by atoms with Crippen molar-refractivity contribution in [3.63, 3.8) is 0 Å². The number of hydrogen-bond donors (Lipinski definition) is 1. The van der Waals surface area contributed by atoms with Gasteiger partial charge in [0, 0.05) is 0 Å². The van der Waals surface area contributed by atoms with E-state index in [4.69, 9.17) is 4.42 Å². The van der Waals surface area contributed by atoms with Crippen molar-refractivity contribution in [2.45, 2.75) is 19.9 Å². The van der Waals surface area contributed by atoms with E-state index in [0.29, 0.717) is 0 Å². The van der Waals surface area contributed by atoms with E-state index in [1.165, 1.54) is 11.1 Å². The van der Waals surface area contributed by atoms with Crippen LogP contribution in [0.25, 0.3) is 0 Å². The first-order chi connectivity index (χ1) is 7.86. The zero-order chi connectivity index (χ0) is 11.2. The maximum Gasteiger partial charge on any atom is 0.120 e. The van der Waals surface area contributed by atoms with Gasteiger partial charge >= 0.3 is 0 Å². The molecule has 0 aliphatic heterocycles. The Morgan fingerprint density at radius 1 is 1.12 bits per heavy atom. The predicted octanol–water partition coefficient (Wildman–Crippen LogP) is 2.92. The van der Waals surface area contributed by atoms with Crippen LogP contribution >= 0.6 is 0 Å². The highest BCUT2D eigenvalue weighted by atomic mass is 16.3. The molecule has 0 atom stereocenters. The van der Waals surface area contributed by atoms with Crippen molar-refractivity contribution < 1.29 is 4.42 Å². The van der Waals surface area contributed by atoms with Crippen LogP contribution in [0.3, 0.4) is 0 Å². The highest BCUT2D eigenvalue weighted by Crippen LogP contribution is 2.07. The molecule has 0 saturated carbocycles. The summed E-state index contributed by atoms with van der Waals surface area (Å²) >= 11 is 0. The summed E-state index contributed by atoms with van der Waals surface area (Å²) in [5, 5.41) is 3.38. The average Bonchev–Trinajstić information content (AvgIpc) is 2.72. The summed E-state index contributed by atoms with van der Waals surface area (Å²) in [6.07, 6.45) is 2.80. The maximum atomic E-state index is 5.35. The SMILES string of the molecule is Cc1ccoc1CNCCc1ccccc1. The molecule has 16 heavy (non-hydrogen) atoms. The molecule has 0 saturated heterocycles. The molecule has 0 unspecified atom stereocenters. The van der Waals surface area contributed by atoms with Crippen LogP contribution in [0.1, 0.15) is 16.9 Å². The number of benzene rings is 1. The first kappa shape index (κ1) is 11.0. The quantitative estimate of drug-likeness (QED) is 0.776. The molecule has 84 valence electrons. The molecule has 0 radical (unpaired) electrons. The van der Waals surface area contributed by atoms with E-state index in [0.717, 1.165) is 25.3 Å². The zero-order valence-corrected chi connectivity index (χ0v) is 9.57. The summed E-state index contributed by atoms with van der Waals surface area (Å²) in [6.45, 7) is 3.85. The molecule has 0 bridgehead atoms. The fourth-order valence-electron chi connectivity index (χ4n) is 1.66. The van der Waals surface area contributed by atoms with Crippen molar-refractivity contribution >= 4 is 0 Å². The standard InChI is InChI=1S/C14H17NO/c1-12-8-10-16-14(12)11-15-9-7-13-5-3-2-4-6-13/h2-6,8,10,15H,7,9,11H2,1H3. The van der Waals surface area contributed by atoms with E-state index in [2.05, 4.69) is 36.5 Å². The number of aryl methyl sites for hydroxylation is 1. The molecule has 1 aromatic heterocycles. The van der Waals surface area contributed by atoms with Gasteiger partial charge in [-0.2, -0.15) is 0 Å². The Balaban J connectivity index is 1.72. The van der Waals surface area contributed by atoms with Crippen molar-refractivity contribution in [2.24, 2.45) is 0 Å². The molecule has 2 aromatic rings. The lowest BCUT2D eigenvalue weighted by atomic mass is 10.1. The second-order valence-corrected chi connectivity index (χ2v) is 3.94. The van der Waals surface area contributed by atoms with Crippen LogP contribution in [0.2, 0.25) is 0 Å². The molecule has 0 fully saturated rings. The smallest absolute Gasteiger partial charge is 0.120 e. The molecule has 0 amide bonds. The van der Waals surface area contributed by atoms with Crippen molar-refractivity contribution in [2.75, 3.05) is 6.54 Å². The lowest BCUT2D eigenvalue weighted by Gasteiger charge is -2.03. The van der Waals surface area contributed by atoms with Crippen molar-refractivity contribution in [3.05, 3.63) is 59.5 Å². The van der Waals surface area contributed by atoms with E-state index in [1.54, 1.807) is 6.26 Å². The molecule has 1 N–H and O–H groups in total. The van der Waals surface area contributed by atoms with Gasteiger partial charge in [0.05, 0.1) is 12.8 Å². The van der Waals surface area contributed by atoms with E-state index in [-0.39, 0.29) is 0 Å². The third kappa shape index (κ3) is 2.97. The van der Waals surface area contributed by atoms with Crippen LogP contribution in [0.4, 0.5) is 0 Å². The van der Waals surface area contributed by atoms with E-state index < -0.39 is 0 Å². The summed E-state index contributed by atoms with van der Waals surface area (Å²) in [7, 11) is 0. The van der Waals surface area contributed by atoms with Gasteiger partial charge in [-0.1, -0.05) is 30.3 Å². The van der Waals surface area contributed by atoms with Crippen molar-refractivity contribution in [1.82, 2.24) is 5.32 Å². The van der Waals surface area contributed by atoms with Crippen molar-refractivity contribution in [1.29, 1.82) is 0 Å². The average molecular weight is 215 g/mol. The minimum Gasteiger partial charge on any atom is -0.468 e. The lowest BCUT2D eigenvalue weighted by Crippen LogP contribution is -2.16. The van der Waals surface area contributed by atoms with Gasteiger partial charge in [0.15, 0.2) is 0 Å². The Hall–Kier alpha value is -1.54. The minimum absolute atomic E-state index is 0.811. The van der Waals surface area contributed by atoms with Gasteiger partial charge in [-0.05, 0) is 37.1 Å². The normalized spacial score (nSPS) is 10.6. The van der Waals surface area contributed by atoms with Crippen LogP contribution in [0.5, 0.6) is 0 Å². The van der Waals surface area contributed by atoms with Gasteiger partial charge in [0.1, 0.15) is 5.76 Å². The zero-order valence-electron chi connectivity index (χ0n) is 9.57. The predicted molar refractivity (Wildman–Crippen MR) is 65.3 cm³/mol. The Kier molecular flexibility index (Phi) is 3.78. The second kappa shape index (κ2) is 5.52. The van der Waals surface area contributed by atoms with Crippen LogP contribution < -0.4 is 5.32 Å². The Labute approximate surface area is 96.3 Å². The van der Waals surface area contributed by atoms with E-state index in [9.17, 15) is 0 Å². The Morgan fingerprint density at radius 3 is 2.62 bits per heavy atom. The molecular formula is C14H17NO. The number of nitrogens with one attached hydrogen (secondary N) is 1. The summed E-state index contributed by atoms with van der Waals surface area (Å²) < 4.78 is 5.35. The number of hydrogen-bond acceptors (Lipinski definition) is 2. The first-order valence-corrected chi connectivity index (χ1v) is 5.64. The second-order valence-electron chi connectivity index (χ2n) is 3.94. The topological polar surface area (TPSA) is 25.2 Å². The molecule has 2 rings (SSSR count). The molecule has 1 aromatic carbocycles. The highest BCUT2D eigenvalue weighted by molar-refractivity contribution is 5.15. The van der Waals surface area contributed by atoms with Crippen LogP contribution in [-0.4, -0.2) is 6.54 Å². The largest absolute Gasteiger partial charge is 0.468 e. The molecular weight excluding hydrogens is 198 g/mol. The third-order valence-electron chi connectivity index (χ3n) is 2.69. The number of rotatable bonds is 5. The molecule has 2 heteroatoms. The molecule has 0 aliphatic rings. The van der Waals surface area contributed by atoms with Crippen LogP contribution in [0.15, 0.2) is 47.1 Å². The molecule has 0 aliphatic carbocycles. The summed E-state index contributed by atoms with van der Waals surface area (Å²) in [5.74, 6) is 1.04. The molecule has 1 heterocycles. The lowest BCUT2D eigenvalue weighted by molar-refractivity contribution is 0.481. The van der Waals surface area contributed by atoms with Crippen LogP contribution in [-0.2, 0) is 13.0 Å². The van der Waals surface area contributed by atoms with Gasteiger partial charge in [0.2, 0.25) is 0 Å². The van der Waals surface area contributed by atoms with Crippen molar-refractivity contribution in [3.8, 4) is 0 Å². The fraction of sp³-hybridized carbons (Fsp3) is 0.286.